The van der Waals surface area contributed by atoms with Crippen LogP contribution in [-0.2, 0) is 0 Å². The lowest BCUT2D eigenvalue weighted by Gasteiger charge is -1.99. The highest BCUT2D eigenvalue weighted by atomic mass is 15.2. The summed E-state index contributed by atoms with van der Waals surface area (Å²) in [5.74, 6) is 0.802. The number of pyridine rings is 1. The van der Waals surface area contributed by atoms with Gasteiger partial charge < -0.3 is 5.73 Å². The van der Waals surface area contributed by atoms with Crippen molar-refractivity contribution >= 4 is 11.5 Å². The normalized spacial score (nSPS) is 10.5. The van der Waals surface area contributed by atoms with Crippen LogP contribution in [0.1, 0.15) is 11.4 Å². The fraction of sp³-hybridized carbons (Fsp3) is 0.125. The molecule has 0 spiro atoms. The fourth-order valence-electron chi connectivity index (χ4n) is 1.24. The molecule has 2 rings (SSSR count). The van der Waals surface area contributed by atoms with Gasteiger partial charge in [-0.3, -0.25) is 9.81 Å². The first-order valence-electron chi connectivity index (χ1n) is 3.85. The monoisotopic (exact) mass is 175 g/mol. The summed E-state index contributed by atoms with van der Waals surface area (Å²) in [6.07, 6.45) is 1.84. The predicted octanol–water partition coefficient (Wildman–Crippen LogP) is 0.322. The SMILES string of the molecule is Cc1nnc2c(C(=N)N)cccn12. The minimum atomic E-state index is 0.0120. The highest BCUT2D eigenvalue weighted by Gasteiger charge is 2.07. The third kappa shape index (κ3) is 1.05. The van der Waals surface area contributed by atoms with Crippen LogP contribution in [0.3, 0.4) is 0 Å². The van der Waals surface area contributed by atoms with E-state index in [1.807, 2.05) is 19.2 Å². The van der Waals surface area contributed by atoms with Gasteiger partial charge in [0.25, 0.3) is 0 Å². The fourth-order valence-corrected chi connectivity index (χ4v) is 1.24. The van der Waals surface area contributed by atoms with E-state index >= 15 is 0 Å². The molecule has 0 saturated heterocycles. The molecule has 5 heteroatoms. The summed E-state index contributed by atoms with van der Waals surface area (Å²) in [6, 6.07) is 3.58. The van der Waals surface area contributed by atoms with Gasteiger partial charge in [0.1, 0.15) is 11.7 Å². The average Bonchev–Trinajstić information content (AvgIpc) is 2.48. The van der Waals surface area contributed by atoms with Gasteiger partial charge in [-0.1, -0.05) is 0 Å². The zero-order chi connectivity index (χ0) is 9.42. The van der Waals surface area contributed by atoms with E-state index in [0.717, 1.165) is 5.82 Å². The number of nitrogens with two attached hydrogens (primary N) is 1. The number of aryl methyl sites for hydroxylation is 1. The number of nitrogens with one attached hydrogen (secondary N) is 1. The van der Waals surface area contributed by atoms with Crippen molar-refractivity contribution in [3.05, 3.63) is 29.7 Å². The minimum Gasteiger partial charge on any atom is -0.384 e. The van der Waals surface area contributed by atoms with Gasteiger partial charge in [0, 0.05) is 6.20 Å². The van der Waals surface area contributed by atoms with Gasteiger partial charge in [-0.15, -0.1) is 10.2 Å². The van der Waals surface area contributed by atoms with Gasteiger partial charge in [0.05, 0.1) is 5.56 Å². The topological polar surface area (TPSA) is 80.1 Å². The number of rotatable bonds is 1. The van der Waals surface area contributed by atoms with Crippen molar-refractivity contribution in [3.8, 4) is 0 Å². The van der Waals surface area contributed by atoms with Crippen LogP contribution in [0.5, 0.6) is 0 Å². The molecule has 66 valence electrons. The van der Waals surface area contributed by atoms with Crippen molar-refractivity contribution in [1.29, 1.82) is 5.41 Å². The van der Waals surface area contributed by atoms with Gasteiger partial charge in [0.2, 0.25) is 0 Å². The minimum absolute atomic E-state index is 0.0120. The molecule has 0 aromatic carbocycles. The van der Waals surface area contributed by atoms with Crippen LogP contribution in [0.15, 0.2) is 18.3 Å². The standard InChI is InChI=1S/C8H9N5/c1-5-11-12-8-6(7(9)10)3-2-4-13(5)8/h2-4H,1H3,(H3,9,10). The van der Waals surface area contributed by atoms with Gasteiger partial charge in [-0.2, -0.15) is 0 Å². The lowest BCUT2D eigenvalue weighted by molar-refractivity contribution is 1.01. The van der Waals surface area contributed by atoms with Gasteiger partial charge in [0.15, 0.2) is 5.65 Å². The number of nitrogen functional groups attached to an aromatic ring is 1. The summed E-state index contributed by atoms with van der Waals surface area (Å²) in [7, 11) is 0. The molecule has 0 fully saturated rings. The molecule has 2 aromatic heterocycles. The number of hydrogen-bond donors (Lipinski definition) is 2. The molecule has 0 amide bonds. The Labute approximate surface area is 74.7 Å². The molecule has 13 heavy (non-hydrogen) atoms. The molecule has 2 heterocycles. The van der Waals surface area contributed by atoms with Crippen molar-refractivity contribution < 1.29 is 0 Å². The molecular weight excluding hydrogens is 166 g/mol. The number of nitrogens with zero attached hydrogens (tertiary/aromatic N) is 3. The van der Waals surface area contributed by atoms with E-state index in [4.69, 9.17) is 11.1 Å². The van der Waals surface area contributed by atoms with Gasteiger partial charge in [-0.05, 0) is 19.1 Å². The van der Waals surface area contributed by atoms with Crippen molar-refractivity contribution in [3.63, 3.8) is 0 Å². The highest BCUT2D eigenvalue weighted by molar-refractivity contribution is 6.00. The summed E-state index contributed by atoms with van der Waals surface area (Å²) in [5, 5.41) is 15.2. The Balaban J connectivity index is 2.84. The number of amidine groups is 1. The summed E-state index contributed by atoms with van der Waals surface area (Å²) >= 11 is 0. The quantitative estimate of drug-likeness (QED) is 0.484. The summed E-state index contributed by atoms with van der Waals surface area (Å²) in [5.41, 5.74) is 6.64. The van der Waals surface area contributed by atoms with E-state index in [1.54, 1.807) is 10.5 Å². The zero-order valence-corrected chi connectivity index (χ0v) is 7.15. The van der Waals surface area contributed by atoms with Crippen molar-refractivity contribution in [2.45, 2.75) is 6.92 Å². The average molecular weight is 175 g/mol. The van der Waals surface area contributed by atoms with E-state index in [-0.39, 0.29) is 5.84 Å². The molecular formula is C8H9N5. The molecule has 0 bridgehead atoms. The molecule has 5 nitrogen and oxygen atoms in total. The van der Waals surface area contributed by atoms with E-state index in [2.05, 4.69) is 10.2 Å². The molecule has 0 unspecified atom stereocenters. The molecule has 0 saturated carbocycles. The van der Waals surface area contributed by atoms with Gasteiger partial charge in [-0.25, -0.2) is 0 Å². The van der Waals surface area contributed by atoms with Crippen molar-refractivity contribution in [1.82, 2.24) is 14.6 Å². The first kappa shape index (κ1) is 7.72. The lowest BCUT2D eigenvalue weighted by atomic mass is 10.2. The van der Waals surface area contributed by atoms with Crippen LogP contribution in [0, 0.1) is 12.3 Å². The Morgan fingerprint density at radius 2 is 2.31 bits per heavy atom. The Hall–Kier alpha value is -1.91. The third-order valence-corrected chi connectivity index (χ3v) is 1.90. The molecule has 0 aliphatic carbocycles. The zero-order valence-electron chi connectivity index (χ0n) is 7.15. The lowest BCUT2D eigenvalue weighted by Crippen LogP contribution is -2.12. The van der Waals surface area contributed by atoms with Gasteiger partial charge >= 0.3 is 0 Å². The smallest absolute Gasteiger partial charge is 0.171 e. The summed E-state index contributed by atoms with van der Waals surface area (Å²) < 4.78 is 1.80. The van der Waals surface area contributed by atoms with Crippen molar-refractivity contribution in [2.24, 2.45) is 5.73 Å². The second kappa shape index (κ2) is 2.55. The largest absolute Gasteiger partial charge is 0.384 e. The number of fused-ring (bicyclic) bond motifs is 1. The summed E-state index contributed by atoms with van der Waals surface area (Å²) in [6.45, 7) is 1.85. The maximum Gasteiger partial charge on any atom is 0.171 e. The van der Waals surface area contributed by atoms with Crippen LogP contribution in [0.4, 0.5) is 0 Å². The first-order chi connectivity index (χ1) is 6.20. The Bertz CT molecular complexity index is 470. The molecule has 0 atom stereocenters. The third-order valence-electron chi connectivity index (χ3n) is 1.90. The molecule has 0 aliphatic heterocycles. The van der Waals surface area contributed by atoms with Crippen LogP contribution in [0.25, 0.3) is 5.65 Å². The molecule has 3 N–H and O–H groups in total. The Morgan fingerprint density at radius 1 is 1.54 bits per heavy atom. The highest BCUT2D eigenvalue weighted by Crippen LogP contribution is 2.08. The molecule has 0 aliphatic rings. The number of hydrogen-bond acceptors (Lipinski definition) is 3. The van der Waals surface area contributed by atoms with E-state index < -0.39 is 0 Å². The van der Waals surface area contributed by atoms with E-state index in [9.17, 15) is 0 Å². The first-order valence-corrected chi connectivity index (χ1v) is 3.85. The second-order valence-electron chi connectivity index (χ2n) is 2.78. The predicted molar refractivity (Wildman–Crippen MR) is 48.7 cm³/mol. The maximum atomic E-state index is 7.32. The van der Waals surface area contributed by atoms with Crippen LogP contribution < -0.4 is 5.73 Å². The van der Waals surface area contributed by atoms with E-state index in [1.165, 1.54) is 0 Å². The molecule has 2 aromatic rings. The molecule has 0 radical (unpaired) electrons. The Morgan fingerprint density at radius 3 is 3.00 bits per heavy atom. The maximum absolute atomic E-state index is 7.32. The van der Waals surface area contributed by atoms with Crippen LogP contribution in [-0.4, -0.2) is 20.4 Å². The summed E-state index contributed by atoms with van der Waals surface area (Å²) in [4.78, 5) is 0. The second-order valence-corrected chi connectivity index (χ2v) is 2.78. The Kier molecular flexibility index (Phi) is 1.51. The van der Waals surface area contributed by atoms with Crippen LogP contribution in [0.2, 0.25) is 0 Å². The van der Waals surface area contributed by atoms with E-state index in [0.29, 0.717) is 11.2 Å². The number of aromatic nitrogens is 3. The van der Waals surface area contributed by atoms with Crippen molar-refractivity contribution in [2.75, 3.05) is 0 Å². The van der Waals surface area contributed by atoms with Crippen LogP contribution >= 0.6 is 0 Å².